The topological polar surface area (TPSA) is 12.9 Å². The second-order valence-corrected chi connectivity index (χ2v) is 3.89. The van der Waals surface area contributed by atoms with Crippen LogP contribution in [0.15, 0.2) is 24.0 Å². The lowest BCUT2D eigenvalue weighted by molar-refractivity contribution is 1.12. The fourth-order valence-corrected chi connectivity index (χ4v) is 1.05. The molecule has 1 heterocycles. The molecule has 1 unspecified atom stereocenters. The summed E-state index contributed by atoms with van der Waals surface area (Å²) in [6.45, 7) is 6.07. The third kappa shape index (κ3) is 2.85. The Labute approximate surface area is 84.5 Å². The molecule has 13 heavy (non-hydrogen) atoms. The van der Waals surface area contributed by atoms with Gasteiger partial charge in [0.15, 0.2) is 0 Å². The first kappa shape index (κ1) is 10.3. The molecule has 0 bridgehead atoms. The highest BCUT2D eigenvalue weighted by molar-refractivity contribution is 6.22. The smallest absolute Gasteiger partial charge is 0.0517 e. The Bertz CT molecular complexity index is 316. The van der Waals surface area contributed by atoms with Gasteiger partial charge in [0.05, 0.1) is 5.38 Å². The third-order valence-electron chi connectivity index (χ3n) is 2.09. The molecule has 1 aromatic rings. The number of hydrogen-bond acceptors (Lipinski definition) is 1. The van der Waals surface area contributed by atoms with Crippen LogP contribution in [0.3, 0.4) is 0 Å². The maximum Gasteiger partial charge on any atom is 0.0517 e. The van der Waals surface area contributed by atoms with E-state index >= 15 is 0 Å². The first-order valence-corrected chi connectivity index (χ1v) is 4.78. The van der Waals surface area contributed by atoms with Gasteiger partial charge in [0, 0.05) is 12.4 Å². The molecule has 2 heteroatoms. The van der Waals surface area contributed by atoms with Crippen molar-refractivity contribution < 1.29 is 0 Å². The van der Waals surface area contributed by atoms with Crippen molar-refractivity contribution in [3.63, 3.8) is 0 Å². The second kappa shape index (κ2) is 4.43. The summed E-state index contributed by atoms with van der Waals surface area (Å²) in [5, 5.41) is 0.0830. The van der Waals surface area contributed by atoms with E-state index in [1.807, 2.05) is 26.1 Å². The van der Waals surface area contributed by atoms with Crippen molar-refractivity contribution in [3.05, 3.63) is 35.2 Å². The number of alkyl halides is 1. The van der Waals surface area contributed by atoms with Gasteiger partial charge in [-0.1, -0.05) is 11.6 Å². The van der Waals surface area contributed by atoms with Gasteiger partial charge in [-0.05, 0) is 38.0 Å². The molecule has 70 valence electrons. The fraction of sp³-hybridized carbons (Fsp3) is 0.364. The van der Waals surface area contributed by atoms with Gasteiger partial charge in [0.1, 0.15) is 0 Å². The van der Waals surface area contributed by atoms with Crippen molar-refractivity contribution in [2.45, 2.75) is 26.1 Å². The first-order chi connectivity index (χ1) is 6.11. The van der Waals surface area contributed by atoms with Crippen LogP contribution in [0.2, 0.25) is 0 Å². The van der Waals surface area contributed by atoms with Gasteiger partial charge in [-0.25, -0.2) is 0 Å². The Morgan fingerprint density at radius 1 is 1.62 bits per heavy atom. The molecule has 0 aliphatic carbocycles. The molecule has 1 atom stereocenters. The average Bonchev–Trinajstić information content (AvgIpc) is 2.08. The monoisotopic (exact) mass is 195 g/mol. The van der Waals surface area contributed by atoms with Crippen molar-refractivity contribution in [2.24, 2.45) is 0 Å². The zero-order valence-electron chi connectivity index (χ0n) is 8.21. The van der Waals surface area contributed by atoms with E-state index < -0.39 is 0 Å². The van der Waals surface area contributed by atoms with Crippen molar-refractivity contribution in [3.8, 4) is 0 Å². The Balaban J connectivity index is 2.97. The van der Waals surface area contributed by atoms with Crippen LogP contribution in [-0.4, -0.2) is 10.4 Å². The molecule has 0 radical (unpaired) electrons. The molecule has 0 saturated carbocycles. The van der Waals surface area contributed by atoms with Gasteiger partial charge >= 0.3 is 0 Å². The lowest BCUT2D eigenvalue weighted by atomic mass is 10.1. The number of hydrogen-bond donors (Lipinski definition) is 0. The summed E-state index contributed by atoms with van der Waals surface area (Å²) in [6, 6.07) is 2.00. The van der Waals surface area contributed by atoms with Crippen LogP contribution in [-0.2, 0) is 0 Å². The van der Waals surface area contributed by atoms with Gasteiger partial charge in [0.2, 0.25) is 0 Å². The lowest BCUT2D eigenvalue weighted by Gasteiger charge is -2.04. The number of allylic oxidation sites excluding steroid dienone is 1. The van der Waals surface area contributed by atoms with E-state index in [0.29, 0.717) is 0 Å². The van der Waals surface area contributed by atoms with Gasteiger partial charge in [-0.2, -0.15) is 0 Å². The zero-order chi connectivity index (χ0) is 9.84. The highest BCUT2D eigenvalue weighted by Gasteiger charge is 2.00. The van der Waals surface area contributed by atoms with E-state index in [0.717, 1.165) is 11.1 Å². The minimum absolute atomic E-state index is 0.0830. The van der Waals surface area contributed by atoms with Crippen LogP contribution < -0.4 is 0 Å². The number of rotatable bonds is 2. The Hall–Kier alpha value is -0.820. The Kier molecular flexibility index (Phi) is 3.49. The molecule has 1 rings (SSSR count). The van der Waals surface area contributed by atoms with E-state index in [1.165, 1.54) is 5.56 Å². The standard InChI is InChI=1S/C11H14ClN/c1-8-4-5-13-7-11(8)6-9(2)10(3)12/h4-7,10H,1-3H3/b9-6+. The quantitative estimate of drug-likeness (QED) is 0.659. The zero-order valence-corrected chi connectivity index (χ0v) is 8.97. The first-order valence-electron chi connectivity index (χ1n) is 4.34. The van der Waals surface area contributed by atoms with Gasteiger partial charge in [0.25, 0.3) is 0 Å². The summed E-state index contributed by atoms with van der Waals surface area (Å²) in [7, 11) is 0. The van der Waals surface area contributed by atoms with E-state index in [4.69, 9.17) is 11.6 Å². The van der Waals surface area contributed by atoms with E-state index in [2.05, 4.69) is 18.0 Å². The molecule has 1 nitrogen and oxygen atoms in total. The number of halogens is 1. The van der Waals surface area contributed by atoms with Crippen LogP contribution in [0.4, 0.5) is 0 Å². The number of nitrogens with zero attached hydrogens (tertiary/aromatic N) is 1. The summed E-state index contributed by atoms with van der Waals surface area (Å²) >= 11 is 5.94. The number of pyridine rings is 1. The Morgan fingerprint density at radius 3 is 2.85 bits per heavy atom. The van der Waals surface area contributed by atoms with Gasteiger partial charge in [-0.15, -0.1) is 11.6 Å². The van der Waals surface area contributed by atoms with Crippen molar-refractivity contribution in [1.29, 1.82) is 0 Å². The van der Waals surface area contributed by atoms with Crippen LogP contribution in [0.25, 0.3) is 6.08 Å². The highest BCUT2D eigenvalue weighted by Crippen LogP contribution is 2.15. The molecule has 0 fully saturated rings. The molecule has 0 aliphatic heterocycles. The van der Waals surface area contributed by atoms with Crippen molar-refractivity contribution in [1.82, 2.24) is 4.98 Å². The normalized spacial score (nSPS) is 14.3. The van der Waals surface area contributed by atoms with Crippen LogP contribution in [0.1, 0.15) is 25.0 Å². The van der Waals surface area contributed by atoms with E-state index in [9.17, 15) is 0 Å². The van der Waals surface area contributed by atoms with Crippen molar-refractivity contribution >= 4 is 17.7 Å². The molecule has 0 aliphatic rings. The summed E-state index contributed by atoms with van der Waals surface area (Å²) in [6.07, 6.45) is 5.74. The molecule has 0 saturated heterocycles. The SMILES string of the molecule is C/C(=C\c1cnccc1C)C(C)Cl. The highest BCUT2D eigenvalue weighted by atomic mass is 35.5. The molecule has 0 amide bonds. The van der Waals surface area contributed by atoms with Gasteiger partial charge in [-0.3, -0.25) is 4.98 Å². The lowest BCUT2D eigenvalue weighted by Crippen LogP contribution is -1.92. The third-order valence-corrected chi connectivity index (χ3v) is 2.43. The maximum absolute atomic E-state index is 5.94. The molecular weight excluding hydrogens is 182 g/mol. The fourth-order valence-electron chi connectivity index (χ4n) is 0.987. The van der Waals surface area contributed by atoms with Crippen LogP contribution in [0.5, 0.6) is 0 Å². The van der Waals surface area contributed by atoms with Gasteiger partial charge < -0.3 is 0 Å². The van der Waals surface area contributed by atoms with Crippen LogP contribution >= 0.6 is 11.6 Å². The minimum Gasteiger partial charge on any atom is -0.264 e. The minimum atomic E-state index is 0.0830. The number of aromatic nitrogens is 1. The summed E-state index contributed by atoms with van der Waals surface area (Å²) in [4.78, 5) is 4.07. The average molecular weight is 196 g/mol. The molecule has 0 N–H and O–H groups in total. The predicted molar refractivity (Wildman–Crippen MR) is 57.9 cm³/mol. The second-order valence-electron chi connectivity index (χ2n) is 3.24. The molecule has 1 aromatic heterocycles. The summed E-state index contributed by atoms with van der Waals surface area (Å²) in [5.41, 5.74) is 3.54. The van der Waals surface area contributed by atoms with E-state index in [1.54, 1.807) is 6.20 Å². The number of aryl methyl sites for hydroxylation is 1. The Morgan fingerprint density at radius 2 is 2.31 bits per heavy atom. The van der Waals surface area contributed by atoms with Crippen molar-refractivity contribution in [2.75, 3.05) is 0 Å². The maximum atomic E-state index is 5.94. The molecular formula is C11H14ClN. The summed E-state index contributed by atoms with van der Waals surface area (Å²) < 4.78 is 0. The predicted octanol–water partition coefficient (Wildman–Crippen LogP) is 3.42. The molecule has 0 spiro atoms. The largest absolute Gasteiger partial charge is 0.264 e. The van der Waals surface area contributed by atoms with E-state index in [-0.39, 0.29) is 5.38 Å². The molecule has 0 aromatic carbocycles. The summed E-state index contributed by atoms with van der Waals surface area (Å²) in [5.74, 6) is 0. The van der Waals surface area contributed by atoms with Crippen LogP contribution in [0, 0.1) is 6.92 Å².